The first kappa shape index (κ1) is 15.6. The number of urea groups is 1. The maximum absolute atomic E-state index is 12.7. The number of nitrogens with zero attached hydrogens (tertiary/aromatic N) is 1. The summed E-state index contributed by atoms with van der Waals surface area (Å²) in [6, 6.07) is 0.522. The average molecular weight is 281 g/mol. The highest BCUT2D eigenvalue weighted by Gasteiger charge is 2.41. The maximum atomic E-state index is 12.7. The molecule has 2 fully saturated rings. The standard InChI is InChI=1S/C16H31N3O/c1-3-10-19(15(20)18-14-7-4-8-14)16(12-17)9-5-6-13(2)11-16/h13-14H,3-12,17H2,1-2H3,(H,18,20). The van der Waals surface area contributed by atoms with Crippen LogP contribution in [0.4, 0.5) is 4.79 Å². The van der Waals surface area contributed by atoms with Gasteiger partial charge in [-0.15, -0.1) is 0 Å². The minimum absolute atomic E-state index is 0.110. The second-order valence-electron chi connectivity index (χ2n) is 6.86. The molecule has 0 spiro atoms. The third-order valence-electron chi connectivity index (χ3n) is 5.15. The van der Waals surface area contributed by atoms with Gasteiger partial charge in [0.1, 0.15) is 0 Å². The lowest BCUT2D eigenvalue weighted by Crippen LogP contribution is -2.62. The molecule has 2 atom stereocenters. The van der Waals surface area contributed by atoms with Crippen molar-refractivity contribution in [2.45, 2.75) is 76.8 Å². The van der Waals surface area contributed by atoms with Crippen LogP contribution < -0.4 is 11.1 Å². The van der Waals surface area contributed by atoms with Crippen LogP contribution in [0.1, 0.15) is 65.2 Å². The minimum atomic E-state index is -0.110. The van der Waals surface area contributed by atoms with Gasteiger partial charge < -0.3 is 16.0 Å². The number of nitrogens with one attached hydrogen (secondary N) is 1. The molecule has 0 aromatic heterocycles. The molecule has 2 rings (SSSR count). The van der Waals surface area contributed by atoms with E-state index in [-0.39, 0.29) is 11.6 Å². The molecule has 2 amide bonds. The number of hydrogen-bond acceptors (Lipinski definition) is 2. The molecule has 0 aliphatic heterocycles. The Bertz CT molecular complexity index is 330. The fraction of sp³-hybridized carbons (Fsp3) is 0.938. The van der Waals surface area contributed by atoms with Crippen molar-refractivity contribution in [3.63, 3.8) is 0 Å². The van der Waals surface area contributed by atoms with Crippen molar-refractivity contribution in [3.05, 3.63) is 0 Å². The predicted octanol–water partition coefficient (Wildman–Crippen LogP) is 2.87. The van der Waals surface area contributed by atoms with Gasteiger partial charge in [-0.25, -0.2) is 4.79 Å². The quantitative estimate of drug-likeness (QED) is 0.814. The van der Waals surface area contributed by atoms with Crippen LogP contribution >= 0.6 is 0 Å². The third kappa shape index (κ3) is 3.27. The fourth-order valence-electron chi connectivity index (χ4n) is 3.76. The zero-order chi connectivity index (χ0) is 14.6. The van der Waals surface area contributed by atoms with Crippen LogP contribution in [0, 0.1) is 5.92 Å². The van der Waals surface area contributed by atoms with Gasteiger partial charge in [0.25, 0.3) is 0 Å². The van der Waals surface area contributed by atoms with Gasteiger partial charge in [0.05, 0.1) is 5.54 Å². The molecule has 4 nitrogen and oxygen atoms in total. The summed E-state index contributed by atoms with van der Waals surface area (Å²) in [4.78, 5) is 14.7. The summed E-state index contributed by atoms with van der Waals surface area (Å²) < 4.78 is 0. The van der Waals surface area contributed by atoms with Gasteiger partial charge in [-0.3, -0.25) is 0 Å². The van der Waals surface area contributed by atoms with E-state index >= 15 is 0 Å². The zero-order valence-corrected chi connectivity index (χ0v) is 13.2. The molecule has 0 bridgehead atoms. The van der Waals surface area contributed by atoms with Crippen LogP contribution in [0.15, 0.2) is 0 Å². The van der Waals surface area contributed by atoms with E-state index < -0.39 is 0 Å². The Hall–Kier alpha value is -0.770. The molecule has 0 radical (unpaired) electrons. The number of carbonyl (C=O) groups is 1. The molecule has 116 valence electrons. The van der Waals surface area contributed by atoms with E-state index in [1.54, 1.807) is 0 Å². The Morgan fingerprint density at radius 2 is 2.10 bits per heavy atom. The molecule has 20 heavy (non-hydrogen) atoms. The molecule has 0 heterocycles. The molecule has 0 saturated heterocycles. The molecule has 3 N–H and O–H groups in total. The number of hydrogen-bond donors (Lipinski definition) is 2. The second-order valence-corrected chi connectivity index (χ2v) is 6.86. The molecular formula is C16H31N3O. The van der Waals surface area contributed by atoms with Crippen LogP contribution in [0.5, 0.6) is 0 Å². The Balaban J connectivity index is 2.08. The number of carbonyl (C=O) groups excluding carboxylic acids is 1. The average Bonchev–Trinajstić information content (AvgIpc) is 2.39. The highest BCUT2D eigenvalue weighted by molar-refractivity contribution is 5.75. The van der Waals surface area contributed by atoms with Gasteiger partial charge in [0.15, 0.2) is 0 Å². The van der Waals surface area contributed by atoms with Crippen LogP contribution in [0.3, 0.4) is 0 Å². The van der Waals surface area contributed by atoms with E-state index in [9.17, 15) is 4.79 Å². The third-order valence-corrected chi connectivity index (χ3v) is 5.15. The molecule has 2 aliphatic rings. The van der Waals surface area contributed by atoms with Crippen LogP contribution in [0.2, 0.25) is 0 Å². The van der Waals surface area contributed by atoms with E-state index in [1.165, 1.54) is 19.3 Å². The first-order valence-corrected chi connectivity index (χ1v) is 8.39. The van der Waals surface area contributed by atoms with Gasteiger partial charge in [0, 0.05) is 19.1 Å². The lowest BCUT2D eigenvalue weighted by atomic mass is 9.75. The molecule has 4 heteroatoms. The van der Waals surface area contributed by atoms with Gasteiger partial charge in [-0.05, 0) is 44.4 Å². The van der Waals surface area contributed by atoms with Crippen molar-refractivity contribution in [1.82, 2.24) is 10.2 Å². The van der Waals surface area contributed by atoms with Crippen molar-refractivity contribution in [2.75, 3.05) is 13.1 Å². The Morgan fingerprint density at radius 3 is 2.60 bits per heavy atom. The van der Waals surface area contributed by atoms with Crippen molar-refractivity contribution in [1.29, 1.82) is 0 Å². The highest BCUT2D eigenvalue weighted by atomic mass is 16.2. The summed E-state index contributed by atoms with van der Waals surface area (Å²) in [5.41, 5.74) is 6.02. The normalized spacial score (nSPS) is 30.6. The summed E-state index contributed by atoms with van der Waals surface area (Å²) in [6.45, 7) is 5.84. The minimum Gasteiger partial charge on any atom is -0.335 e. The molecule has 2 unspecified atom stereocenters. The van der Waals surface area contributed by atoms with Gasteiger partial charge in [0.2, 0.25) is 0 Å². The molecule has 0 aromatic carbocycles. The SMILES string of the molecule is CCCN(C(=O)NC1CCC1)C1(CN)CCCC(C)C1. The number of amides is 2. The molecule has 2 aliphatic carbocycles. The first-order valence-electron chi connectivity index (χ1n) is 8.39. The van der Waals surface area contributed by atoms with Gasteiger partial charge >= 0.3 is 6.03 Å². The summed E-state index contributed by atoms with van der Waals surface area (Å²) in [5, 5.41) is 3.20. The Kier molecular flexibility index (Phi) is 5.30. The largest absolute Gasteiger partial charge is 0.335 e. The van der Waals surface area contributed by atoms with E-state index in [2.05, 4.69) is 24.1 Å². The number of nitrogens with two attached hydrogens (primary N) is 1. The van der Waals surface area contributed by atoms with Gasteiger partial charge in [-0.1, -0.05) is 26.7 Å². The molecule has 0 aromatic rings. The number of rotatable bonds is 5. The smallest absolute Gasteiger partial charge is 0.318 e. The predicted molar refractivity (Wildman–Crippen MR) is 82.6 cm³/mol. The second kappa shape index (κ2) is 6.79. The maximum Gasteiger partial charge on any atom is 0.318 e. The van der Waals surface area contributed by atoms with E-state index in [4.69, 9.17) is 5.73 Å². The van der Waals surface area contributed by atoms with Crippen LogP contribution in [-0.4, -0.2) is 35.6 Å². The van der Waals surface area contributed by atoms with Crippen LogP contribution in [-0.2, 0) is 0 Å². The Labute approximate surface area is 123 Å². The molecule has 2 saturated carbocycles. The van der Waals surface area contributed by atoms with E-state index in [0.29, 0.717) is 18.5 Å². The van der Waals surface area contributed by atoms with E-state index in [0.717, 1.165) is 38.6 Å². The fourth-order valence-corrected chi connectivity index (χ4v) is 3.76. The van der Waals surface area contributed by atoms with Crippen molar-refractivity contribution < 1.29 is 4.79 Å². The zero-order valence-electron chi connectivity index (χ0n) is 13.2. The van der Waals surface area contributed by atoms with Crippen LogP contribution in [0.25, 0.3) is 0 Å². The first-order chi connectivity index (χ1) is 9.61. The van der Waals surface area contributed by atoms with E-state index in [1.807, 2.05) is 0 Å². The Morgan fingerprint density at radius 1 is 1.35 bits per heavy atom. The van der Waals surface area contributed by atoms with Crippen molar-refractivity contribution in [3.8, 4) is 0 Å². The summed E-state index contributed by atoms with van der Waals surface area (Å²) in [7, 11) is 0. The van der Waals surface area contributed by atoms with Gasteiger partial charge in [-0.2, -0.15) is 0 Å². The lowest BCUT2D eigenvalue weighted by molar-refractivity contribution is 0.0628. The van der Waals surface area contributed by atoms with Crippen molar-refractivity contribution >= 4 is 6.03 Å². The summed E-state index contributed by atoms with van der Waals surface area (Å²) >= 11 is 0. The summed E-state index contributed by atoms with van der Waals surface area (Å²) in [5.74, 6) is 0.670. The topological polar surface area (TPSA) is 58.4 Å². The lowest BCUT2D eigenvalue weighted by Gasteiger charge is -2.48. The van der Waals surface area contributed by atoms with Crippen molar-refractivity contribution in [2.24, 2.45) is 11.7 Å². The molecular weight excluding hydrogens is 250 g/mol. The highest BCUT2D eigenvalue weighted by Crippen LogP contribution is 2.36. The summed E-state index contributed by atoms with van der Waals surface area (Å²) in [6.07, 6.45) is 9.09. The monoisotopic (exact) mass is 281 g/mol.